The molecule has 0 radical (unpaired) electrons. The molecule has 33 heavy (non-hydrogen) atoms. The molecule has 10 heteroatoms. The molecule has 168 valence electrons. The number of amides is 2. The van der Waals surface area contributed by atoms with Crippen LogP contribution < -0.4 is 10.6 Å². The van der Waals surface area contributed by atoms with Crippen molar-refractivity contribution in [3.8, 4) is 11.1 Å². The second kappa shape index (κ2) is 7.70. The highest BCUT2D eigenvalue weighted by Crippen LogP contribution is 2.39. The van der Waals surface area contributed by atoms with Gasteiger partial charge < -0.3 is 15.2 Å². The first-order valence-corrected chi connectivity index (χ1v) is 10.5. The molecular formula is C23H19ClF2N6O. The van der Waals surface area contributed by atoms with Crippen molar-refractivity contribution in [3.05, 3.63) is 71.1 Å². The zero-order chi connectivity index (χ0) is 23.4. The monoisotopic (exact) mass is 468 g/mol. The van der Waals surface area contributed by atoms with Crippen molar-refractivity contribution in [2.75, 3.05) is 24.2 Å². The number of nitrogen functional groups attached to an aromatic ring is 1. The molecule has 2 N–H and O–H groups in total. The molecule has 1 aliphatic heterocycles. The first-order chi connectivity index (χ1) is 15.7. The summed E-state index contributed by atoms with van der Waals surface area (Å²) >= 11 is 6.64. The van der Waals surface area contributed by atoms with Crippen LogP contribution in [0.25, 0.3) is 22.2 Å². The summed E-state index contributed by atoms with van der Waals surface area (Å²) in [5.41, 5.74) is 9.23. The standard InChI is InChI=1S/C23H19ClF2N6O/c1-30-9-17(20-21(27)28-11-29-22(20)30)16-4-3-15(8-18(16)24)32-10-19(31(2)23(32)33)12-5-13(25)7-14(26)6-12/h3-9,11,19H,10H2,1-2H3,(H2,27,28,29). The molecule has 1 fully saturated rings. The molecule has 0 aliphatic carbocycles. The van der Waals surface area contributed by atoms with E-state index in [1.165, 1.54) is 28.3 Å². The van der Waals surface area contributed by atoms with Gasteiger partial charge in [0.05, 0.1) is 23.0 Å². The van der Waals surface area contributed by atoms with E-state index in [0.29, 0.717) is 33.1 Å². The molecule has 0 spiro atoms. The van der Waals surface area contributed by atoms with E-state index < -0.39 is 17.7 Å². The molecule has 7 nitrogen and oxygen atoms in total. The normalized spacial score (nSPS) is 16.3. The summed E-state index contributed by atoms with van der Waals surface area (Å²) in [4.78, 5) is 24.3. The fourth-order valence-electron chi connectivity index (χ4n) is 4.34. The maximum absolute atomic E-state index is 13.7. The number of carbonyl (C=O) groups excluding carboxylic acids is 1. The number of aromatic nitrogens is 3. The number of carbonyl (C=O) groups is 1. The van der Waals surface area contributed by atoms with Crippen LogP contribution in [0, 0.1) is 11.6 Å². The van der Waals surface area contributed by atoms with Crippen LogP contribution in [-0.4, -0.2) is 39.1 Å². The van der Waals surface area contributed by atoms with Gasteiger partial charge in [0.25, 0.3) is 0 Å². The van der Waals surface area contributed by atoms with E-state index in [4.69, 9.17) is 17.3 Å². The quantitative estimate of drug-likeness (QED) is 0.470. The van der Waals surface area contributed by atoms with Crippen molar-refractivity contribution >= 4 is 40.2 Å². The number of fused-ring (bicyclic) bond motifs is 1. The van der Waals surface area contributed by atoms with Crippen molar-refractivity contribution in [1.82, 2.24) is 19.4 Å². The second-order valence-corrected chi connectivity index (χ2v) is 8.41. The smallest absolute Gasteiger partial charge is 0.324 e. The molecule has 1 atom stereocenters. The van der Waals surface area contributed by atoms with E-state index in [2.05, 4.69) is 9.97 Å². The number of rotatable bonds is 3. The molecule has 5 rings (SSSR count). The Morgan fingerprint density at radius 2 is 1.79 bits per heavy atom. The summed E-state index contributed by atoms with van der Waals surface area (Å²) in [6.07, 6.45) is 3.28. The lowest BCUT2D eigenvalue weighted by molar-refractivity contribution is 0.219. The highest BCUT2D eigenvalue weighted by Gasteiger charge is 2.37. The maximum Gasteiger partial charge on any atom is 0.324 e. The molecule has 0 bridgehead atoms. The number of halogens is 3. The Kier molecular flexibility index (Phi) is 4.93. The van der Waals surface area contributed by atoms with Gasteiger partial charge in [0.2, 0.25) is 0 Å². The van der Waals surface area contributed by atoms with Crippen molar-refractivity contribution in [2.45, 2.75) is 6.04 Å². The van der Waals surface area contributed by atoms with Crippen LogP contribution >= 0.6 is 11.6 Å². The van der Waals surface area contributed by atoms with Gasteiger partial charge in [-0.15, -0.1) is 0 Å². The van der Waals surface area contributed by atoms with E-state index >= 15 is 0 Å². The highest BCUT2D eigenvalue weighted by molar-refractivity contribution is 6.34. The van der Waals surface area contributed by atoms with Gasteiger partial charge in [0, 0.05) is 43.2 Å². The van der Waals surface area contributed by atoms with E-state index in [-0.39, 0.29) is 12.6 Å². The third-order valence-electron chi connectivity index (χ3n) is 5.96. The first-order valence-electron chi connectivity index (χ1n) is 10.1. The molecule has 2 amide bonds. The minimum absolute atomic E-state index is 0.225. The van der Waals surface area contributed by atoms with Crippen LogP contribution in [0.5, 0.6) is 0 Å². The summed E-state index contributed by atoms with van der Waals surface area (Å²) in [5, 5.41) is 1.11. The largest absolute Gasteiger partial charge is 0.383 e. The van der Waals surface area contributed by atoms with Crippen LogP contribution in [-0.2, 0) is 7.05 Å². The second-order valence-electron chi connectivity index (χ2n) is 8.00. The molecule has 4 aromatic rings. The van der Waals surface area contributed by atoms with Crippen LogP contribution in [0.4, 0.5) is 25.1 Å². The van der Waals surface area contributed by atoms with Gasteiger partial charge in [-0.3, -0.25) is 4.90 Å². The number of urea groups is 1. The van der Waals surface area contributed by atoms with Gasteiger partial charge in [-0.1, -0.05) is 17.7 Å². The SMILES string of the molecule is CN1C(=O)N(c2ccc(-c3cn(C)c4ncnc(N)c34)c(Cl)c2)CC1c1cc(F)cc(F)c1. The van der Waals surface area contributed by atoms with Gasteiger partial charge in [-0.05, 0) is 29.8 Å². The van der Waals surface area contributed by atoms with Crippen LogP contribution in [0.2, 0.25) is 5.02 Å². The molecule has 1 aliphatic rings. The van der Waals surface area contributed by atoms with Gasteiger partial charge in [0.15, 0.2) is 0 Å². The van der Waals surface area contributed by atoms with E-state index in [0.717, 1.165) is 17.2 Å². The van der Waals surface area contributed by atoms with Crippen molar-refractivity contribution < 1.29 is 13.6 Å². The molecule has 3 heterocycles. The average Bonchev–Trinajstić information content (AvgIpc) is 3.25. The van der Waals surface area contributed by atoms with Crippen LogP contribution in [0.15, 0.2) is 48.9 Å². The Balaban J connectivity index is 1.51. The Bertz CT molecular complexity index is 1400. The third-order valence-corrected chi connectivity index (χ3v) is 6.28. The summed E-state index contributed by atoms with van der Waals surface area (Å²) in [6.45, 7) is 0.225. The fourth-order valence-corrected chi connectivity index (χ4v) is 4.62. The minimum atomic E-state index is -0.685. The number of aryl methyl sites for hydroxylation is 1. The molecule has 1 saturated heterocycles. The summed E-state index contributed by atoms with van der Waals surface area (Å²) < 4.78 is 29.3. The number of nitrogens with zero attached hydrogens (tertiary/aromatic N) is 5. The minimum Gasteiger partial charge on any atom is -0.383 e. The van der Waals surface area contributed by atoms with Crippen LogP contribution in [0.3, 0.4) is 0 Å². The first kappa shape index (κ1) is 21.1. The predicted octanol–water partition coefficient (Wildman–Crippen LogP) is 4.76. The Labute approximate surface area is 193 Å². The fraction of sp³-hybridized carbons (Fsp3) is 0.174. The molecular weight excluding hydrogens is 450 g/mol. The lowest BCUT2D eigenvalue weighted by Gasteiger charge is -2.18. The number of likely N-dealkylation sites (N-methyl/N-ethyl adjacent to an activating group) is 1. The van der Waals surface area contributed by atoms with E-state index in [1.54, 1.807) is 25.2 Å². The Morgan fingerprint density at radius 3 is 2.48 bits per heavy atom. The van der Waals surface area contributed by atoms with Crippen molar-refractivity contribution in [2.24, 2.45) is 7.05 Å². The van der Waals surface area contributed by atoms with Crippen molar-refractivity contribution in [1.29, 1.82) is 0 Å². The van der Waals surface area contributed by atoms with Crippen LogP contribution in [0.1, 0.15) is 11.6 Å². The molecule has 2 aromatic carbocycles. The number of nitrogens with two attached hydrogens (primary N) is 1. The van der Waals surface area contributed by atoms with E-state index in [1.807, 2.05) is 17.8 Å². The lowest BCUT2D eigenvalue weighted by Crippen LogP contribution is -2.29. The van der Waals surface area contributed by atoms with Gasteiger partial charge >= 0.3 is 6.03 Å². The average molecular weight is 469 g/mol. The zero-order valence-corrected chi connectivity index (χ0v) is 18.5. The summed E-state index contributed by atoms with van der Waals surface area (Å²) in [6, 6.07) is 7.76. The third kappa shape index (κ3) is 3.45. The molecule has 2 aromatic heterocycles. The predicted molar refractivity (Wildman–Crippen MR) is 123 cm³/mol. The summed E-state index contributed by atoms with van der Waals surface area (Å²) in [7, 11) is 3.46. The van der Waals surface area contributed by atoms with E-state index in [9.17, 15) is 13.6 Å². The van der Waals surface area contributed by atoms with Gasteiger partial charge in [-0.2, -0.15) is 0 Å². The molecule has 1 unspecified atom stereocenters. The number of hydrogen-bond acceptors (Lipinski definition) is 4. The number of hydrogen-bond donors (Lipinski definition) is 1. The number of anilines is 2. The maximum atomic E-state index is 13.7. The highest BCUT2D eigenvalue weighted by atomic mass is 35.5. The Morgan fingerprint density at radius 1 is 1.06 bits per heavy atom. The van der Waals surface area contributed by atoms with Crippen molar-refractivity contribution in [3.63, 3.8) is 0 Å². The zero-order valence-electron chi connectivity index (χ0n) is 17.8. The number of benzene rings is 2. The Hall–Kier alpha value is -3.72. The van der Waals surface area contributed by atoms with Gasteiger partial charge in [0.1, 0.15) is 29.4 Å². The van der Waals surface area contributed by atoms with Gasteiger partial charge in [-0.25, -0.2) is 23.5 Å². The molecule has 0 saturated carbocycles. The summed E-state index contributed by atoms with van der Waals surface area (Å²) in [5.74, 6) is -1.03. The topological polar surface area (TPSA) is 80.3 Å². The lowest BCUT2D eigenvalue weighted by atomic mass is 10.0.